The van der Waals surface area contributed by atoms with Gasteiger partial charge in [-0.05, 0) is 30.8 Å². The fourth-order valence-corrected chi connectivity index (χ4v) is 2.30. The van der Waals surface area contributed by atoms with Gasteiger partial charge in [-0.1, -0.05) is 15.9 Å². The highest BCUT2D eigenvalue weighted by Crippen LogP contribution is 2.19. The van der Waals surface area contributed by atoms with Gasteiger partial charge in [0.2, 0.25) is 0 Å². The summed E-state index contributed by atoms with van der Waals surface area (Å²) in [6.45, 7) is 0.798. The van der Waals surface area contributed by atoms with Crippen molar-refractivity contribution in [1.29, 1.82) is 0 Å². The molecule has 2 rings (SSSR count). The van der Waals surface area contributed by atoms with E-state index in [1.54, 1.807) is 6.07 Å². The molecule has 0 fully saturated rings. The van der Waals surface area contributed by atoms with E-state index in [1.165, 1.54) is 23.1 Å². The van der Waals surface area contributed by atoms with Gasteiger partial charge in [0.1, 0.15) is 24.6 Å². The molecule has 1 heterocycles. The second kappa shape index (κ2) is 6.90. The fourth-order valence-electron chi connectivity index (χ4n) is 1.93. The van der Waals surface area contributed by atoms with E-state index in [0.717, 1.165) is 10.0 Å². The quantitative estimate of drug-likeness (QED) is 0.807. The highest BCUT2D eigenvalue weighted by Gasteiger charge is 2.10. The summed E-state index contributed by atoms with van der Waals surface area (Å²) in [5, 5.41) is 3.97. The monoisotopic (exact) mass is 344 g/mol. The molecule has 108 valence electrons. The predicted octanol–water partition coefficient (Wildman–Crippen LogP) is 2.78. The lowest BCUT2D eigenvalue weighted by atomic mass is 10.2. The third-order valence-electron chi connectivity index (χ3n) is 2.85. The van der Waals surface area contributed by atoms with Crippen molar-refractivity contribution in [3.05, 3.63) is 46.2 Å². The second-order valence-corrected chi connectivity index (χ2v) is 5.35. The molecule has 0 aliphatic rings. The number of halogens is 3. The maximum absolute atomic E-state index is 13.2. The van der Waals surface area contributed by atoms with E-state index in [9.17, 15) is 8.78 Å². The molecule has 4 nitrogen and oxygen atoms in total. The van der Waals surface area contributed by atoms with Gasteiger partial charge in [0.25, 0.3) is 0 Å². The first-order valence-corrected chi connectivity index (χ1v) is 6.94. The lowest BCUT2D eigenvalue weighted by Crippen LogP contribution is -2.21. The normalized spacial score (nSPS) is 11.2. The molecule has 0 bridgehead atoms. The van der Waals surface area contributed by atoms with Crippen molar-refractivity contribution in [3.63, 3.8) is 0 Å². The Bertz CT molecular complexity index is 573. The maximum Gasteiger partial charge on any atom is 0.141 e. The summed E-state index contributed by atoms with van der Waals surface area (Å²) in [5.41, 5.74) is 0.851. The van der Waals surface area contributed by atoms with Gasteiger partial charge in [-0.25, -0.2) is 18.4 Å². The van der Waals surface area contributed by atoms with Crippen molar-refractivity contribution in [3.8, 4) is 0 Å². The molecular weight excluding hydrogens is 330 g/mol. The number of hydrogen-bond donors (Lipinski definition) is 0. The Kier molecular flexibility index (Phi) is 5.19. The molecule has 0 saturated heterocycles. The van der Waals surface area contributed by atoms with Crippen LogP contribution in [0.2, 0.25) is 0 Å². The molecule has 0 aliphatic carbocycles. The lowest BCUT2D eigenvalue weighted by Gasteiger charge is -2.17. The standard InChI is InChI=1S/C13H15BrF2N4/c1-19(7-10-6-11(16)2-3-12(10)14)8-13-17-9-18-20(13)5-4-15/h2-3,6,9H,4-5,7-8H2,1H3. The third kappa shape index (κ3) is 3.83. The summed E-state index contributed by atoms with van der Waals surface area (Å²) in [6, 6.07) is 4.59. The molecule has 0 atom stereocenters. The number of aromatic nitrogens is 3. The number of alkyl halides is 1. The predicted molar refractivity (Wildman–Crippen MR) is 75.3 cm³/mol. The van der Waals surface area contributed by atoms with E-state index in [-0.39, 0.29) is 12.4 Å². The van der Waals surface area contributed by atoms with E-state index in [2.05, 4.69) is 26.0 Å². The summed E-state index contributed by atoms with van der Waals surface area (Å²) in [6.07, 6.45) is 1.41. The number of aryl methyl sites for hydroxylation is 1. The first kappa shape index (κ1) is 15.1. The molecule has 0 saturated carbocycles. The van der Waals surface area contributed by atoms with Crippen LogP contribution in [0.1, 0.15) is 11.4 Å². The van der Waals surface area contributed by atoms with E-state index >= 15 is 0 Å². The van der Waals surface area contributed by atoms with E-state index in [0.29, 0.717) is 18.9 Å². The van der Waals surface area contributed by atoms with E-state index in [1.807, 2.05) is 11.9 Å². The minimum absolute atomic E-state index is 0.201. The molecule has 0 aliphatic heterocycles. The largest absolute Gasteiger partial charge is 0.295 e. The van der Waals surface area contributed by atoms with Crippen molar-refractivity contribution in [2.45, 2.75) is 19.6 Å². The lowest BCUT2D eigenvalue weighted by molar-refractivity contribution is 0.297. The first-order chi connectivity index (χ1) is 9.60. The third-order valence-corrected chi connectivity index (χ3v) is 3.63. The minimum Gasteiger partial charge on any atom is -0.295 e. The molecule has 0 radical (unpaired) electrons. The Balaban J connectivity index is 2.03. The zero-order chi connectivity index (χ0) is 14.5. The van der Waals surface area contributed by atoms with Gasteiger partial charge < -0.3 is 0 Å². The zero-order valence-electron chi connectivity index (χ0n) is 11.1. The summed E-state index contributed by atoms with van der Waals surface area (Å²) in [7, 11) is 1.89. The van der Waals surface area contributed by atoms with Crippen LogP contribution in [0.15, 0.2) is 29.0 Å². The molecule has 0 spiro atoms. The van der Waals surface area contributed by atoms with Crippen LogP contribution in [0.4, 0.5) is 8.78 Å². The highest BCUT2D eigenvalue weighted by molar-refractivity contribution is 9.10. The molecule has 0 amide bonds. The summed E-state index contributed by atoms with van der Waals surface area (Å²) in [4.78, 5) is 6.08. The van der Waals surface area contributed by atoms with Crippen LogP contribution in [-0.4, -0.2) is 33.4 Å². The van der Waals surface area contributed by atoms with Crippen molar-refractivity contribution >= 4 is 15.9 Å². The Morgan fingerprint density at radius 3 is 2.90 bits per heavy atom. The molecule has 2 aromatic rings. The number of hydrogen-bond acceptors (Lipinski definition) is 3. The van der Waals surface area contributed by atoms with Crippen LogP contribution in [0.25, 0.3) is 0 Å². The van der Waals surface area contributed by atoms with Gasteiger partial charge in [-0.15, -0.1) is 0 Å². The van der Waals surface area contributed by atoms with Crippen molar-refractivity contribution in [1.82, 2.24) is 19.7 Å². The average Bonchev–Trinajstić information content (AvgIpc) is 2.82. The average molecular weight is 345 g/mol. The van der Waals surface area contributed by atoms with Crippen LogP contribution < -0.4 is 0 Å². The summed E-state index contributed by atoms with van der Waals surface area (Å²) < 4.78 is 28.0. The van der Waals surface area contributed by atoms with Gasteiger partial charge in [-0.2, -0.15) is 5.10 Å². The summed E-state index contributed by atoms with van der Waals surface area (Å²) in [5.74, 6) is 0.426. The maximum atomic E-state index is 13.2. The molecule has 0 N–H and O–H groups in total. The zero-order valence-corrected chi connectivity index (χ0v) is 12.6. The van der Waals surface area contributed by atoms with Gasteiger partial charge in [0.15, 0.2) is 0 Å². The Morgan fingerprint density at radius 1 is 1.35 bits per heavy atom. The van der Waals surface area contributed by atoms with Crippen LogP contribution in [0.5, 0.6) is 0 Å². The Labute approximate surface area is 124 Å². The van der Waals surface area contributed by atoms with Crippen molar-refractivity contribution in [2.75, 3.05) is 13.7 Å². The SMILES string of the molecule is CN(Cc1cc(F)ccc1Br)Cc1ncnn1CCF. The first-order valence-electron chi connectivity index (χ1n) is 6.15. The van der Waals surface area contributed by atoms with Gasteiger partial charge in [-0.3, -0.25) is 4.90 Å². The number of benzene rings is 1. The molecule has 20 heavy (non-hydrogen) atoms. The van der Waals surface area contributed by atoms with Gasteiger partial charge in [0.05, 0.1) is 13.1 Å². The second-order valence-electron chi connectivity index (χ2n) is 4.50. The van der Waals surface area contributed by atoms with Crippen LogP contribution in [-0.2, 0) is 19.6 Å². The topological polar surface area (TPSA) is 34.0 Å². The number of nitrogens with zero attached hydrogens (tertiary/aromatic N) is 4. The fraction of sp³-hybridized carbons (Fsp3) is 0.385. The van der Waals surface area contributed by atoms with Gasteiger partial charge in [0, 0.05) is 11.0 Å². The van der Waals surface area contributed by atoms with E-state index < -0.39 is 6.67 Å². The molecule has 0 unspecified atom stereocenters. The summed E-state index contributed by atoms with van der Waals surface area (Å²) >= 11 is 3.40. The Morgan fingerprint density at radius 2 is 2.15 bits per heavy atom. The van der Waals surface area contributed by atoms with Gasteiger partial charge >= 0.3 is 0 Å². The van der Waals surface area contributed by atoms with Crippen LogP contribution in [0, 0.1) is 5.82 Å². The van der Waals surface area contributed by atoms with E-state index in [4.69, 9.17) is 0 Å². The molecule has 1 aromatic carbocycles. The minimum atomic E-state index is -0.477. The number of rotatable bonds is 6. The van der Waals surface area contributed by atoms with Crippen LogP contribution in [0.3, 0.4) is 0 Å². The molecule has 7 heteroatoms. The van der Waals surface area contributed by atoms with Crippen LogP contribution >= 0.6 is 15.9 Å². The van der Waals surface area contributed by atoms with Crippen molar-refractivity contribution < 1.29 is 8.78 Å². The molecular formula is C13H15BrF2N4. The Hall–Kier alpha value is -1.34. The molecule has 1 aromatic heterocycles. The smallest absolute Gasteiger partial charge is 0.141 e. The van der Waals surface area contributed by atoms with Crippen molar-refractivity contribution in [2.24, 2.45) is 0 Å². The highest BCUT2D eigenvalue weighted by atomic mass is 79.9.